The molecule has 1 rings (SSSR count). The molecule has 2 atom stereocenters. The van der Waals surface area contributed by atoms with E-state index in [2.05, 4.69) is 56.4 Å². The smallest absolute Gasteiger partial charge is 0.0618 e. The summed E-state index contributed by atoms with van der Waals surface area (Å²) >= 11 is 0. The van der Waals surface area contributed by atoms with Gasteiger partial charge >= 0.3 is 0 Å². The summed E-state index contributed by atoms with van der Waals surface area (Å²) in [6.07, 6.45) is 1.09. The van der Waals surface area contributed by atoms with Gasteiger partial charge in [0, 0.05) is 19.2 Å². The Hall–Kier alpha value is -0.860. The van der Waals surface area contributed by atoms with Gasteiger partial charge < -0.3 is 10.1 Å². The second kappa shape index (κ2) is 7.46. The Labute approximate surface area is 105 Å². The van der Waals surface area contributed by atoms with Crippen molar-refractivity contribution in [3.63, 3.8) is 0 Å². The fraction of sp³-hybridized carbons (Fsp3) is 0.600. The van der Waals surface area contributed by atoms with Crippen LogP contribution >= 0.6 is 0 Å². The minimum atomic E-state index is 0.408. The van der Waals surface area contributed by atoms with Gasteiger partial charge in [-0.15, -0.1) is 0 Å². The van der Waals surface area contributed by atoms with E-state index in [1.807, 2.05) is 0 Å². The Kier molecular flexibility index (Phi) is 6.23. The third-order valence-corrected chi connectivity index (χ3v) is 3.18. The largest absolute Gasteiger partial charge is 0.383 e. The van der Waals surface area contributed by atoms with Crippen molar-refractivity contribution in [3.8, 4) is 0 Å². The van der Waals surface area contributed by atoms with Crippen molar-refractivity contribution in [1.82, 2.24) is 5.32 Å². The van der Waals surface area contributed by atoms with Crippen LogP contribution in [0.3, 0.4) is 0 Å². The van der Waals surface area contributed by atoms with Crippen molar-refractivity contribution >= 4 is 0 Å². The van der Waals surface area contributed by atoms with E-state index in [1.54, 1.807) is 7.11 Å². The quantitative estimate of drug-likeness (QED) is 0.782. The van der Waals surface area contributed by atoms with Crippen molar-refractivity contribution in [2.45, 2.75) is 39.3 Å². The Balaban J connectivity index is 2.68. The van der Waals surface area contributed by atoms with E-state index >= 15 is 0 Å². The molecule has 0 saturated carbocycles. The molecule has 2 heteroatoms. The van der Waals surface area contributed by atoms with Crippen molar-refractivity contribution in [2.75, 3.05) is 13.7 Å². The molecule has 0 spiro atoms. The van der Waals surface area contributed by atoms with Crippen molar-refractivity contribution in [3.05, 3.63) is 35.9 Å². The molecule has 0 aliphatic heterocycles. The molecule has 0 bridgehead atoms. The van der Waals surface area contributed by atoms with Gasteiger partial charge in [-0.3, -0.25) is 0 Å². The normalized spacial score (nSPS) is 14.9. The highest BCUT2D eigenvalue weighted by atomic mass is 16.5. The number of rotatable bonds is 7. The molecule has 0 aliphatic rings. The molecule has 17 heavy (non-hydrogen) atoms. The van der Waals surface area contributed by atoms with Gasteiger partial charge in [0.05, 0.1) is 6.61 Å². The van der Waals surface area contributed by atoms with Gasteiger partial charge in [0.25, 0.3) is 0 Å². The van der Waals surface area contributed by atoms with Gasteiger partial charge in [0.2, 0.25) is 0 Å². The maximum atomic E-state index is 5.28. The second-order valence-electron chi connectivity index (χ2n) is 4.84. The lowest BCUT2D eigenvalue weighted by Gasteiger charge is -2.27. The lowest BCUT2D eigenvalue weighted by Crippen LogP contribution is -2.40. The van der Waals surface area contributed by atoms with E-state index in [1.165, 1.54) is 5.56 Å². The summed E-state index contributed by atoms with van der Waals surface area (Å²) in [7, 11) is 1.76. The molecule has 2 unspecified atom stereocenters. The highest BCUT2D eigenvalue weighted by Crippen LogP contribution is 2.18. The first kappa shape index (κ1) is 14.2. The number of nitrogens with one attached hydrogen (secondary N) is 1. The highest BCUT2D eigenvalue weighted by molar-refractivity contribution is 5.18. The average molecular weight is 235 g/mol. The molecule has 0 heterocycles. The van der Waals surface area contributed by atoms with Gasteiger partial charge in [-0.05, 0) is 17.9 Å². The zero-order valence-corrected chi connectivity index (χ0v) is 11.4. The van der Waals surface area contributed by atoms with E-state index in [0.717, 1.165) is 13.0 Å². The number of methoxy groups -OCH3 is 1. The van der Waals surface area contributed by atoms with Crippen LogP contribution in [0.2, 0.25) is 0 Å². The Morgan fingerprint density at radius 3 is 2.29 bits per heavy atom. The average Bonchev–Trinajstić information content (AvgIpc) is 2.35. The zero-order valence-electron chi connectivity index (χ0n) is 11.4. The summed E-state index contributed by atoms with van der Waals surface area (Å²) in [5, 5.41) is 3.70. The molecule has 0 fully saturated rings. The van der Waals surface area contributed by atoms with Crippen molar-refractivity contribution < 1.29 is 4.74 Å². The molecule has 0 aliphatic carbocycles. The predicted octanol–water partition coefficient (Wildman–Crippen LogP) is 3.40. The Bertz CT molecular complexity index is 297. The van der Waals surface area contributed by atoms with Crippen LogP contribution in [0.15, 0.2) is 30.3 Å². The summed E-state index contributed by atoms with van der Waals surface area (Å²) in [5.41, 5.74) is 1.36. The fourth-order valence-corrected chi connectivity index (χ4v) is 2.01. The predicted molar refractivity (Wildman–Crippen MR) is 73.1 cm³/mol. The molecule has 0 amide bonds. The van der Waals surface area contributed by atoms with Crippen LogP contribution in [-0.4, -0.2) is 19.8 Å². The van der Waals surface area contributed by atoms with Crippen LogP contribution in [0.4, 0.5) is 0 Å². The van der Waals surface area contributed by atoms with E-state index in [4.69, 9.17) is 4.74 Å². The van der Waals surface area contributed by atoms with E-state index in [9.17, 15) is 0 Å². The molecule has 2 nitrogen and oxygen atoms in total. The number of hydrogen-bond acceptors (Lipinski definition) is 2. The molecule has 0 aromatic heterocycles. The maximum Gasteiger partial charge on any atom is 0.0618 e. The lowest BCUT2D eigenvalue weighted by atomic mass is 9.99. The lowest BCUT2D eigenvalue weighted by molar-refractivity contribution is 0.139. The Morgan fingerprint density at radius 2 is 1.82 bits per heavy atom. The third kappa shape index (κ3) is 4.49. The first-order chi connectivity index (χ1) is 8.19. The van der Waals surface area contributed by atoms with Gasteiger partial charge in [-0.25, -0.2) is 0 Å². The summed E-state index contributed by atoms with van der Waals surface area (Å²) in [6.45, 7) is 7.44. The minimum absolute atomic E-state index is 0.408. The SMILES string of the molecule is CCC(NC(COC)C(C)C)c1ccccc1. The van der Waals surface area contributed by atoms with Crippen molar-refractivity contribution in [2.24, 2.45) is 5.92 Å². The van der Waals surface area contributed by atoms with Gasteiger partial charge in [0.15, 0.2) is 0 Å². The topological polar surface area (TPSA) is 21.3 Å². The second-order valence-corrected chi connectivity index (χ2v) is 4.84. The van der Waals surface area contributed by atoms with Crippen LogP contribution in [0.25, 0.3) is 0 Å². The van der Waals surface area contributed by atoms with Crippen LogP contribution < -0.4 is 5.32 Å². The van der Waals surface area contributed by atoms with Crippen LogP contribution in [0.1, 0.15) is 38.8 Å². The van der Waals surface area contributed by atoms with Crippen LogP contribution in [-0.2, 0) is 4.74 Å². The summed E-state index contributed by atoms with van der Waals surface area (Å²) in [4.78, 5) is 0. The first-order valence-electron chi connectivity index (χ1n) is 6.49. The van der Waals surface area contributed by atoms with Gasteiger partial charge in [0.1, 0.15) is 0 Å². The van der Waals surface area contributed by atoms with E-state index < -0.39 is 0 Å². The maximum absolute atomic E-state index is 5.28. The van der Waals surface area contributed by atoms with E-state index in [-0.39, 0.29) is 0 Å². The van der Waals surface area contributed by atoms with Gasteiger partial charge in [-0.2, -0.15) is 0 Å². The number of hydrogen-bond donors (Lipinski definition) is 1. The van der Waals surface area contributed by atoms with Crippen LogP contribution in [0, 0.1) is 5.92 Å². The third-order valence-electron chi connectivity index (χ3n) is 3.18. The monoisotopic (exact) mass is 235 g/mol. The molecular weight excluding hydrogens is 210 g/mol. The summed E-state index contributed by atoms with van der Waals surface area (Å²) < 4.78 is 5.28. The molecule has 1 N–H and O–H groups in total. The molecular formula is C15H25NO. The fourth-order valence-electron chi connectivity index (χ4n) is 2.01. The van der Waals surface area contributed by atoms with Crippen LogP contribution in [0.5, 0.6) is 0 Å². The first-order valence-corrected chi connectivity index (χ1v) is 6.49. The summed E-state index contributed by atoms with van der Waals surface area (Å²) in [5.74, 6) is 0.577. The highest BCUT2D eigenvalue weighted by Gasteiger charge is 2.18. The Morgan fingerprint density at radius 1 is 1.18 bits per heavy atom. The molecule has 0 radical (unpaired) electrons. The number of ether oxygens (including phenoxy) is 1. The standard InChI is InChI=1S/C15H25NO/c1-5-14(13-9-7-6-8-10-13)16-15(11-17-4)12(2)3/h6-10,12,14-16H,5,11H2,1-4H3. The van der Waals surface area contributed by atoms with Crippen molar-refractivity contribution in [1.29, 1.82) is 0 Å². The van der Waals surface area contributed by atoms with E-state index in [0.29, 0.717) is 18.0 Å². The molecule has 0 saturated heterocycles. The summed E-state index contributed by atoms with van der Waals surface area (Å²) in [6, 6.07) is 11.5. The molecule has 1 aromatic carbocycles. The molecule has 96 valence electrons. The zero-order chi connectivity index (χ0) is 12.7. The minimum Gasteiger partial charge on any atom is -0.383 e. The molecule has 1 aromatic rings. The number of benzene rings is 1. The van der Waals surface area contributed by atoms with Gasteiger partial charge in [-0.1, -0.05) is 51.1 Å².